The fraction of sp³-hybridized carbons (Fsp3) is 0.111. The summed E-state index contributed by atoms with van der Waals surface area (Å²) >= 11 is 0. The quantitative estimate of drug-likeness (QED) is 0.522. The normalized spacial score (nSPS) is 11.4. The van der Waals surface area contributed by atoms with E-state index in [1.165, 1.54) is 0 Å². The number of benzene rings is 1. The lowest BCUT2D eigenvalue weighted by molar-refractivity contribution is 0.100. The van der Waals surface area contributed by atoms with Crippen LogP contribution >= 0.6 is 0 Å². The third kappa shape index (κ3) is 1.92. The largest absolute Gasteiger partial charge is 0.508 e. The zero-order valence-electron chi connectivity index (χ0n) is 13.8. The van der Waals surface area contributed by atoms with Gasteiger partial charge in [0, 0.05) is 29.5 Å². The van der Waals surface area contributed by atoms with E-state index in [1.54, 1.807) is 35.9 Å². The van der Waals surface area contributed by atoms with E-state index in [-0.39, 0.29) is 17.1 Å². The first-order valence-corrected chi connectivity index (χ1v) is 7.76. The molecule has 0 bridgehead atoms. The predicted octanol–water partition coefficient (Wildman–Crippen LogP) is 2.28. The van der Waals surface area contributed by atoms with Gasteiger partial charge in [0.25, 0.3) is 5.91 Å². The topological polar surface area (TPSA) is 112 Å². The molecule has 7 heteroatoms. The third-order valence-corrected chi connectivity index (χ3v) is 4.60. The van der Waals surface area contributed by atoms with Crippen molar-refractivity contribution in [3.63, 3.8) is 0 Å². The van der Waals surface area contributed by atoms with Gasteiger partial charge in [0.1, 0.15) is 11.6 Å². The van der Waals surface area contributed by atoms with Gasteiger partial charge in [-0.25, -0.2) is 4.98 Å². The van der Waals surface area contributed by atoms with Gasteiger partial charge in [-0.3, -0.25) is 9.36 Å². The number of pyridine rings is 1. The summed E-state index contributed by atoms with van der Waals surface area (Å²) in [4.78, 5) is 16.4. The number of rotatable bonds is 2. The van der Waals surface area contributed by atoms with Gasteiger partial charge in [-0.1, -0.05) is 6.07 Å². The number of carbonyl (C=O) groups excluding carboxylic acids is 1. The molecule has 4 aromatic rings. The summed E-state index contributed by atoms with van der Waals surface area (Å²) in [5.74, 6) is -0.221. The molecule has 5 N–H and O–H groups in total. The van der Waals surface area contributed by atoms with Gasteiger partial charge in [-0.05, 0) is 31.5 Å². The zero-order valence-corrected chi connectivity index (χ0v) is 13.8. The highest BCUT2D eigenvalue weighted by Crippen LogP contribution is 2.37. The number of nitrogens with two attached hydrogens (primary N) is 2. The van der Waals surface area contributed by atoms with Crippen molar-refractivity contribution in [3.05, 3.63) is 53.5 Å². The molecule has 0 spiro atoms. The van der Waals surface area contributed by atoms with E-state index in [4.69, 9.17) is 11.5 Å². The van der Waals surface area contributed by atoms with Crippen molar-refractivity contribution in [1.82, 2.24) is 14.0 Å². The highest BCUT2D eigenvalue weighted by atomic mass is 16.3. The Morgan fingerprint density at radius 3 is 2.68 bits per heavy atom. The Kier molecular flexibility index (Phi) is 3.02. The van der Waals surface area contributed by atoms with Crippen LogP contribution in [-0.2, 0) is 0 Å². The highest BCUT2D eigenvalue weighted by Gasteiger charge is 2.24. The standard InChI is InChI=1S/C18H17N5O2/c1-9-3-4-12(24)10(2)14(9)23-15-11(13(16(23)19)17(20)25)5-7-22-8-6-21-18(15)22/h3-8,24H,19H2,1-2H3,(H2,20,25). The van der Waals surface area contributed by atoms with Gasteiger partial charge in [0.2, 0.25) is 0 Å². The number of fused-ring (bicyclic) bond motifs is 3. The Morgan fingerprint density at radius 2 is 1.96 bits per heavy atom. The number of aromatic hydroxyl groups is 1. The molecular formula is C18H17N5O2. The number of nitrogen functional groups attached to an aromatic ring is 1. The van der Waals surface area contributed by atoms with Crippen LogP contribution in [0.5, 0.6) is 5.75 Å². The fourth-order valence-corrected chi connectivity index (χ4v) is 3.42. The molecule has 25 heavy (non-hydrogen) atoms. The van der Waals surface area contributed by atoms with Gasteiger partial charge in [-0.2, -0.15) is 0 Å². The Balaban J connectivity index is 2.29. The first kappa shape index (κ1) is 15.1. The van der Waals surface area contributed by atoms with Crippen LogP contribution in [0.1, 0.15) is 21.5 Å². The molecule has 0 atom stereocenters. The average molecular weight is 335 g/mol. The summed E-state index contributed by atoms with van der Waals surface area (Å²) in [7, 11) is 0. The number of phenolic OH excluding ortho intramolecular Hbond substituents is 1. The molecule has 1 aromatic carbocycles. The lowest BCUT2D eigenvalue weighted by Crippen LogP contribution is -2.14. The molecule has 0 aliphatic carbocycles. The van der Waals surface area contributed by atoms with Crippen molar-refractivity contribution in [1.29, 1.82) is 0 Å². The van der Waals surface area contributed by atoms with Crippen LogP contribution in [0.3, 0.4) is 0 Å². The monoisotopic (exact) mass is 335 g/mol. The zero-order chi connectivity index (χ0) is 17.9. The molecule has 0 unspecified atom stereocenters. The van der Waals surface area contributed by atoms with Gasteiger partial charge < -0.3 is 21.0 Å². The van der Waals surface area contributed by atoms with Gasteiger partial charge in [0.15, 0.2) is 5.65 Å². The summed E-state index contributed by atoms with van der Waals surface area (Å²) in [5.41, 5.74) is 15.8. The summed E-state index contributed by atoms with van der Waals surface area (Å²) in [6.07, 6.45) is 5.30. The minimum Gasteiger partial charge on any atom is -0.508 e. The van der Waals surface area contributed by atoms with Crippen molar-refractivity contribution in [2.75, 3.05) is 5.73 Å². The van der Waals surface area contributed by atoms with Crippen molar-refractivity contribution in [3.8, 4) is 11.4 Å². The fourth-order valence-electron chi connectivity index (χ4n) is 3.42. The smallest absolute Gasteiger partial charge is 0.253 e. The second kappa shape index (κ2) is 5.01. The lowest BCUT2D eigenvalue weighted by atomic mass is 10.1. The number of imidazole rings is 1. The minimum atomic E-state index is -0.604. The number of amides is 1. The van der Waals surface area contributed by atoms with Crippen molar-refractivity contribution in [2.45, 2.75) is 13.8 Å². The van der Waals surface area contributed by atoms with Crippen LogP contribution in [0, 0.1) is 13.8 Å². The summed E-state index contributed by atoms with van der Waals surface area (Å²) in [6.45, 7) is 3.72. The van der Waals surface area contributed by atoms with Crippen molar-refractivity contribution >= 4 is 28.3 Å². The van der Waals surface area contributed by atoms with Crippen molar-refractivity contribution < 1.29 is 9.90 Å². The highest BCUT2D eigenvalue weighted by molar-refractivity contribution is 6.14. The maximum Gasteiger partial charge on any atom is 0.253 e. The molecule has 3 heterocycles. The molecule has 0 aliphatic rings. The number of aromatic nitrogens is 3. The molecule has 0 saturated heterocycles. The number of phenols is 1. The molecule has 0 aliphatic heterocycles. The van der Waals surface area contributed by atoms with E-state index in [0.29, 0.717) is 27.8 Å². The molecule has 3 aromatic heterocycles. The third-order valence-electron chi connectivity index (χ3n) is 4.60. The Labute approximate surface area is 143 Å². The molecule has 7 nitrogen and oxygen atoms in total. The van der Waals surface area contributed by atoms with E-state index in [1.807, 2.05) is 23.7 Å². The second-order valence-corrected chi connectivity index (χ2v) is 6.07. The van der Waals surface area contributed by atoms with Crippen LogP contribution in [0.4, 0.5) is 5.82 Å². The number of aryl methyl sites for hydroxylation is 1. The van der Waals surface area contributed by atoms with E-state index in [2.05, 4.69) is 4.98 Å². The average Bonchev–Trinajstić information content (AvgIpc) is 3.14. The molecule has 0 fully saturated rings. The molecule has 126 valence electrons. The number of anilines is 1. The van der Waals surface area contributed by atoms with Crippen LogP contribution in [0.15, 0.2) is 36.8 Å². The predicted molar refractivity (Wildman–Crippen MR) is 96.1 cm³/mol. The maximum absolute atomic E-state index is 12.0. The summed E-state index contributed by atoms with van der Waals surface area (Å²) in [6, 6.07) is 5.24. The summed E-state index contributed by atoms with van der Waals surface area (Å²) < 4.78 is 3.60. The molecular weight excluding hydrogens is 318 g/mol. The van der Waals surface area contributed by atoms with Crippen LogP contribution in [-0.4, -0.2) is 25.0 Å². The number of carbonyl (C=O) groups is 1. The number of hydrogen-bond acceptors (Lipinski definition) is 4. The van der Waals surface area contributed by atoms with E-state index < -0.39 is 5.91 Å². The van der Waals surface area contributed by atoms with E-state index >= 15 is 0 Å². The second-order valence-electron chi connectivity index (χ2n) is 6.07. The van der Waals surface area contributed by atoms with Crippen LogP contribution in [0.25, 0.3) is 22.2 Å². The summed E-state index contributed by atoms with van der Waals surface area (Å²) in [5, 5.41) is 10.8. The number of nitrogens with zero attached hydrogens (tertiary/aromatic N) is 3. The van der Waals surface area contributed by atoms with Crippen molar-refractivity contribution in [2.24, 2.45) is 5.73 Å². The molecule has 0 radical (unpaired) electrons. The first-order chi connectivity index (χ1) is 11.9. The van der Waals surface area contributed by atoms with Gasteiger partial charge in [-0.15, -0.1) is 0 Å². The van der Waals surface area contributed by atoms with E-state index in [0.717, 1.165) is 5.56 Å². The SMILES string of the molecule is Cc1ccc(O)c(C)c1-n1c(N)c(C(N)=O)c2ccn3ccnc3c21. The van der Waals surface area contributed by atoms with E-state index in [9.17, 15) is 9.90 Å². The number of hydrogen-bond donors (Lipinski definition) is 3. The van der Waals surface area contributed by atoms with Gasteiger partial charge in [0.05, 0.1) is 16.8 Å². The molecule has 0 saturated carbocycles. The Hall–Kier alpha value is -3.48. The molecule has 1 amide bonds. The number of primary amides is 1. The maximum atomic E-state index is 12.0. The van der Waals surface area contributed by atoms with Crippen LogP contribution in [0.2, 0.25) is 0 Å². The Bertz CT molecular complexity index is 1170. The Morgan fingerprint density at radius 1 is 1.20 bits per heavy atom. The van der Waals surface area contributed by atoms with Crippen LogP contribution < -0.4 is 11.5 Å². The minimum absolute atomic E-state index is 0.151. The first-order valence-electron chi connectivity index (χ1n) is 7.76. The van der Waals surface area contributed by atoms with Gasteiger partial charge >= 0.3 is 0 Å². The molecule has 4 rings (SSSR count). The lowest BCUT2D eigenvalue weighted by Gasteiger charge is -2.16.